The molecule has 0 bridgehead atoms. The van der Waals surface area contributed by atoms with E-state index in [0.717, 1.165) is 5.56 Å². The summed E-state index contributed by atoms with van der Waals surface area (Å²) < 4.78 is 5.63. The van der Waals surface area contributed by atoms with Gasteiger partial charge in [-0.2, -0.15) is 0 Å². The Morgan fingerprint density at radius 1 is 1.03 bits per heavy atom. The number of aryl methyl sites for hydroxylation is 1. The standard InChI is InChI=1S/C26H22ClNO4/c1-3-32-21-6-4-5-18(15-21)23-22(24(29)17-9-7-16(2)8-10-17)25(30)26(31)28(23)20-13-11-19(27)12-14-20/h4-15,23,29H,3H2,1-2H3/b24-22-. The van der Waals surface area contributed by atoms with Gasteiger partial charge in [-0.05, 0) is 55.8 Å². The van der Waals surface area contributed by atoms with E-state index in [0.29, 0.717) is 34.2 Å². The summed E-state index contributed by atoms with van der Waals surface area (Å²) in [7, 11) is 0. The molecule has 1 aliphatic heterocycles. The second kappa shape index (κ2) is 8.89. The van der Waals surface area contributed by atoms with Crippen molar-refractivity contribution < 1.29 is 19.4 Å². The van der Waals surface area contributed by atoms with E-state index < -0.39 is 17.7 Å². The van der Waals surface area contributed by atoms with Gasteiger partial charge in [-0.15, -0.1) is 0 Å². The Bertz CT molecular complexity index is 1200. The van der Waals surface area contributed by atoms with Crippen LogP contribution in [-0.2, 0) is 9.59 Å². The second-order valence-electron chi connectivity index (χ2n) is 7.52. The molecule has 6 heteroatoms. The molecule has 32 heavy (non-hydrogen) atoms. The van der Waals surface area contributed by atoms with Crippen LogP contribution >= 0.6 is 11.6 Å². The van der Waals surface area contributed by atoms with Crippen LogP contribution in [-0.4, -0.2) is 23.4 Å². The first-order valence-electron chi connectivity index (χ1n) is 10.3. The highest BCUT2D eigenvalue weighted by Gasteiger charge is 2.47. The Morgan fingerprint density at radius 2 is 1.72 bits per heavy atom. The van der Waals surface area contributed by atoms with Crippen LogP contribution in [0.3, 0.4) is 0 Å². The van der Waals surface area contributed by atoms with E-state index in [2.05, 4.69) is 0 Å². The molecule has 1 heterocycles. The largest absolute Gasteiger partial charge is 0.507 e. The zero-order valence-corrected chi connectivity index (χ0v) is 18.5. The van der Waals surface area contributed by atoms with E-state index in [1.54, 1.807) is 54.6 Å². The van der Waals surface area contributed by atoms with Gasteiger partial charge < -0.3 is 9.84 Å². The number of halogens is 1. The fraction of sp³-hybridized carbons (Fsp3) is 0.154. The molecule has 0 radical (unpaired) electrons. The minimum atomic E-state index is -0.821. The van der Waals surface area contributed by atoms with Crippen LogP contribution in [0.5, 0.6) is 5.75 Å². The summed E-state index contributed by atoms with van der Waals surface area (Å²) in [6.07, 6.45) is 0. The number of ether oxygens (including phenoxy) is 1. The van der Waals surface area contributed by atoms with Crippen LogP contribution < -0.4 is 9.64 Å². The van der Waals surface area contributed by atoms with Crippen LogP contribution in [0.4, 0.5) is 5.69 Å². The molecule has 3 aromatic carbocycles. The quantitative estimate of drug-likeness (QED) is 0.310. The molecule has 1 saturated heterocycles. The summed E-state index contributed by atoms with van der Waals surface area (Å²) in [6.45, 7) is 4.29. The van der Waals surface area contributed by atoms with Gasteiger partial charge in [-0.1, -0.05) is 53.6 Å². The molecule has 1 fully saturated rings. The summed E-state index contributed by atoms with van der Waals surface area (Å²) in [5.74, 6) is -1.06. The summed E-state index contributed by atoms with van der Waals surface area (Å²) in [5, 5.41) is 11.7. The van der Waals surface area contributed by atoms with E-state index in [-0.39, 0.29) is 11.3 Å². The maximum absolute atomic E-state index is 13.2. The number of hydrogen-bond acceptors (Lipinski definition) is 4. The van der Waals surface area contributed by atoms with Crippen molar-refractivity contribution in [3.63, 3.8) is 0 Å². The average molecular weight is 448 g/mol. The van der Waals surface area contributed by atoms with Crippen LogP contribution in [0.2, 0.25) is 5.02 Å². The summed E-state index contributed by atoms with van der Waals surface area (Å²) in [5.41, 5.74) is 2.67. The van der Waals surface area contributed by atoms with Crippen molar-refractivity contribution in [2.75, 3.05) is 11.5 Å². The number of rotatable bonds is 5. The van der Waals surface area contributed by atoms with Gasteiger partial charge in [-0.25, -0.2) is 0 Å². The molecule has 4 rings (SSSR count). The molecule has 1 aliphatic rings. The van der Waals surface area contributed by atoms with Gasteiger partial charge in [0, 0.05) is 16.3 Å². The predicted molar refractivity (Wildman–Crippen MR) is 125 cm³/mol. The van der Waals surface area contributed by atoms with E-state index >= 15 is 0 Å². The molecular weight excluding hydrogens is 426 g/mol. The summed E-state index contributed by atoms with van der Waals surface area (Å²) >= 11 is 6.03. The van der Waals surface area contributed by atoms with Crippen molar-refractivity contribution in [3.05, 3.63) is 100 Å². The third-order valence-electron chi connectivity index (χ3n) is 5.36. The van der Waals surface area contributed by atoms with Crippen LogP contribution in [0.1, 0.15) is 29.7 Å². The number of anilines is 1. The van der Waals surface area contributed by atoms with Gasteiger partial charge in [0.2, 0.25) is 0 Å². The number of carbonyl (C=O) groups excluding carboxylic acids is 2. The Morgan fingerprint density at radius 3 is 2.38 bits per heavy atom. The number of ketones is 1. The lowest BCUT2D eigenvalue weighted by molar-refractivity contribution is -0.132. The molecule has 1 unspecified atom stereocenters. The van der Waals surface area contributed by atoms with Crippen LogP contribution in [0.15, 0.2) is 78.4 Å². The van der Waals surface area contributed by atoms with Crippen LogP contribution in [0, 0.1) is 6.92 Å². The maximum Gasteiger partial charge on any atom is 0.300 e. The van der Waals surface area contributed by atoms with Gasteiger partial charge in [0.1, 0.15) is 11.5 Å². The normalized spacial score (nSPS) is 17.6. The van der Waals surface area contributed by atoms with Crippen molar-refractivity contribution in [1.29, 1.82) is 0 Å². The molecule has 1 N–H and O–H groups in total. The molecule has 3 aromatic rings. The number of aliphatic hydroxyl groups excluding tert-OH is 1. The minimum Gasteiger partial charge on any atom is -0.507 e. The highest BCUT2D eigenvalue weighted by molar-refractivity contribution is 6.51. The number of hydrogen-bond donors (Lipinski definition) is 1. The predicted octanol–water partition coefficient (Wildman–Crippen LogP) is 5.67. The number of carbonyl (C=O) groups is 2. The van der Waals surface area contributed by atoms with E-state index in [1.807, 2.05) is 32.0 Å². The third-order valence-corrected chi connectivity index (χ3v) is 5.61. The molecule has 1 amide bonds. The highest BCUT2D eigenvalue weighted by atomic mass is 35.5. The summed E-state index contributed by atoms with van der Waals surface area (Å²) in [6, 6.07) is 20.2. The molecule has 0 aliphatic carbocycles. The van der Waals surface area contributed by atoms with E-state index in [4.69, 9.17) is 16.3 Å². The topological polar surface area (TPSA) is 66.8 Å². The van der Waals surface area contributed by atoms with Gasteiger partial charge in [-0.3, -0.25) is 14.5 Å². The van der Waals surface area contributed by atoms with E-state index in [1.165, 1.54) is 4.90 Å². The number of aliphatic hydroxyl groups is 1. The van der Waals surface area contributed by atoms with Crippen molar-refractivity contribution in [1.82, 2.24) is 0 Å². The maximum atomic E-state index is 13.2. The Kier molecular flexibility index (Phi) is 6.01. The Hall–Kier alpha value is -3.57. The first kappa shape index (κ1) is 21.7. The van der Waals surface area contributed by atoms with Crippen molar-refractivity contribution in [3.8, 4) is 5.75 Å². The first-order valence-corrected chi connectivity index (χ1v) is 10.6. The molecule has 1 atom stereocenters. The van der Waals surface area contributed by atoms with Gasteiger partial charge >= 0.3 is 0 Å². The van der Waals surface area contributed by atoms with Gasteiger partial charge in [0.05, 0.1) is 18.2 Å². The number of nitrogens with zero attached hydrogens (tertiary/aromatic N) is 1. The smallest absolute Gasteiger partial charge is 0.300 e. The number of Topliss-reactive ketones (excluding diaryl/α,β-unsaturated/α-hetero) is 1. The van der Waals surface area contributed by atoms with Crippen molar-refractivity contribution in [2.24, 2.45) is 0 Å². The molecule has 0 spiro atoms. The first-order chi connectivity index (χ1) is 15.4. The average Bonchev–Trinajstić information content (AvgIpc) is 3.05. The number of benzene rings is 3. The molecule has 162 valence electrons. The Balaban J connectivity index is 1.93. The van der Waals surface area contributed by atoms with Gasteiger partial charge in [0.25, 0.3) is 11.7 Å². The molecular formula is C26H22ClNO4. The van der Waals surface area contributed by atoms with Crippen molar-refractivity contribution in [2.45, 2.75) is 19.9 Å². The van der Waals surface area contributed by atoms with Crippen molar-refractivity contribution >= 4 is 34.7 Å². The summed E-state index contributed by atoms with van der Waals surface area (Å²) in [4.78, 5) is 27.7. The monoisotopic (exact) mass is 447 g/mol. The molecule has 0 saturated carbocycles. The van der Waals surface area contributed by atoms with Crippen LogP contribution in [0.25, 0.3) is 5.76 Å². The zero-order valence-electron chi connectivity index (χ0n) is 17.7. The zero-order chi connectivity index (χ0) is 22.8. The second-order valence-corrected chi connectivity index (χ2v) is 7.95. The lowest BCUT2D eigenvalue weighted by Gasteiger charge is -2.26. The lowest BCUT2D eigenvalue weighted by atomic mass is 9.94. The highest BCUT2D eigenvalue weighted by Crippen LogP contribution is 2.43. The fourth-order valence-corrected chi connectivity index (χ4v) is 3.95. The fourth-order valence-electron chi connectivity index (χ4n) is 3.82. The third kappa shape index (κ3) is 3.99. The molecule has 0 aromatic heterocycles. The van der Waals surface area contributed by atoms with Gasteiger partial charge in [0.15, 0.2) is 0 Å². The molecule has 5 nitrogen and oxygen atoms in total. The lowest BCUT2D eigenvalue weighted by Crippen LogP contribution is -2.29. The van der Waals surface area contributed by atoms with E-state index in [9.17, 15) is 14.7 Å². The SMILES string of the molecule is CCOc1cccc(C2/C(=C(/O)c3ccc(C)cc3)C(=O)C(=O)N2c2ccc(Cl)cc2)c1. The number of amides is 1. The minimum absolute atomic E-state index is 0.0300. The Labute approximate surface area is 191 Å².